The van der Waals surface area contributed by atoms with Gasteiger partial charge in [0.1, 0.15) is 0 Å². The summed E-state index contributed by atoms with van der Waals surface area (Å²) in [7, 11) is 0. The van der Waals surface area contributed by atoms with Crippen LogP contribution in [0.3, 0.4) is 0 Å². The van der Waals surface area contributed by atoms with Crippen molar-refractivity contribution in [3.8, 4) is 0 Å². The molecule has 1 aromatic carbocycles. The van der Waals surface area contributed by atoms with Gasteiger partial charge in [0, 0.05) is 25.3 Å². The Balaban J connectivity index is 2.42. The van der Waals surface area contributed by atoms with E-state index < -0.39 is 0 Å². The molecule has 0 heterocycles. The van der Waals surface area contributed by atoms with Crippen LogP contribution in [0.15, 0.2) is 18.2 Å². The third-order valence-corrected chi connectivity index (χ3v) is 2.67. The number of carbonyl (C=O) groups is 1. The predicted octanol–water partition coefficient (Wildman–Crippen LogP) is 0.829. The highest BCUT2D eigenvalue weighted by Gasteiger charge is 2.06. The van der Waals surface area contributed by atoms with Gasteiger partial charge in [-0.05, 0) is 31.5 Å². The Bertz CT molecular complexity index is 424. The van der Waals surface area contributed by atoms with Gasteiger partial charge >= 0.3 is 0 Å². The maximum Gasteiger partial charge on any atom is 0.251 e. The van der Waals surface area contributed by atoms with Crippen molar-refractivity contribution in [2.45, 2.75) is 13.3 Å². The molecule has 0 fully saturated rings. The molecule has 6 nitrogen and oxygen atoms in total. The molecule has 1 amide bonds. The minimum Gasteiger partial charge on any atom is -0.397 e. The topological polar surface area (TPSA) is 96.6 Å². The molecule has 5 N–H and O–H groups in total. The molecule has 0 bridgehead atoms. The molecule has 112 valence electrons. The van der Waals surface area contributed by atoms with Crippen LogP contribution in [0, 0.1) is 0 Å². The van der Waals surface area contributed by atoms with Crippen LogP contribution in [-0.4, -0.2) is 43.9 Å². The van der Waals surface area contributed by atoms with Gasteiger partial charge in [-0.1, -0.05) is 0 Å². The number of nitrogens with two attached hydrogens (primary N) is 1. The fourth-order valence-corrected chi connectivity index (χ4v) is 1.69. The van der Waals surface area contributed by atoms with Gasteiger partial charge in [-0.2, -0.15) is 0 Å². The zero-order valence-electron chi connectivity index (χ0n) is 11.8. The van der Waals surface area contributed by atoms with Gasteiger partial charge in [0.25, 0.3) is 5.91 Å². The zero-order valence-corrected chi connectivity index (χ0v) is 11.8. The summed E-state index contributed by atoms with van der Waals surface area (Å²) in [5.41, 5.74) is 7.82. The lowest BCUT2D eigenvalue weighted by atomic mass is 10.1. The van der Waals surface area contributed by atoms with Gasteiger partial charge in [0.2, 0.25) is 0 Å². The van der Waals surface area contributed by atoms with Crippen LogP contribution in [0.5, 0.6) is 0 Å². The highest BCUT2D eigenvalue weighted by molar-refractivity contribution is 5.96. The van der Waals surface area contributed by atoms with Crippen LogP contribution >= 0.6 is 0 Å². The van der Waals surface area contributed by atoms with Gasteiger partial charge in [-0.3, -0.25) is 4.79 Å². The molecule has 0 spiro atoms. The van der Waals surface area contributed by atoms with Crippen molar-refractivity contribution in [2.24, 2.45) is 0 Å². The third-order valence-electron chi connectivity index (χ3n) is 2.67. The lowest BCUT2D eigenvalue weighted by molar-refractivity contribution is 0.0922. The van der Waals surface area contributed by atoms with Gasteiger partial charge in [0.05, 0.1) is 24.6 Å². The molecule has 0 aliphatic heterocycles. The van der Waals surface area contributed by atoms with Crippen molar-refractivity contribution in [2.75, 3.05) is 44.0 Å². The molecule has 0 aliphatic carbocycles. The van der Waals surface area contributed by atoms with Crippen LogP contribution in [0.25, 0.3) is 0 Å². The molecule has 1 aromatic rings. The Hall–Kier alpha value is -1.79. The standard InChI is InChI=1S/C14H23N3O3/c1-2-16-14(19)11-4-5-13(12(15)10-11)17-6-3-8-20-9-7-18/h4-5,10,17-18H,2-3,6-9,15H2,1H3,(H,16,19). The summed E-state index contributed by atoms with van der Waals surface area (Å²) in [6, 6.07) is 5.20. The number of carbonyl (C=O) groups excluding carboxylic acids is 1. The third kappa shape index (κ3) is 5.46. The number of benzene rings is 1. The number of hydrogen-bond donors (Lipinski definition) is 4. The van der Waals surface area contributed by atoms with Crippen LogP contribution in [0.4, 0.5) is 11.4 Å². The number of amides is 1. The summed E-state index contributed by atoms with van der Waals surface area (Å²) in [6.45, 7) is 4.17. The van der Waals surface area contributed by atoms with E-state index >= 15 is 0 Å². The van der Waals surface area contributed by atoms with Crippen LogP contribution in [0.1, 0.15) is 23.7 Å². The smallest absolute Gasteiger partial charge is 0.251 e. The van der Waals surface area contributed by atoms with E-state index in [1.165, 1.54) is 0 Å². The Morgan fingerprint density at radius 2 is 2.20 bits per heavy atom. The minimum atomic E-state index is -0.122. The zero-order chi connectivity index (χ0) is 14.8. The maximum atomic E-state index is 11.6. The van der Waals surface area contributed by atoms with E-state index in [2.05, 4.69) is 10.6 Å². The molecule has 1 rings (SSSR count). The Morgan fingerprint density at radius 1 is 1.40 bits per heavy atom. The summed E-state index contributed by atoms with van der Waals surface area (Å²) < 4.78 is 5.15. The Kier molecular flexibility index (Phi) is 7.46. The summed E-state index contributed by atoms with van der Waals surface area (Å²) in [4.78, 5) is 11.6. The quantitative estimate of drug-likeness (QED) is 0.397. The molecule has 0 atom stereocenters. The summed E-state index contributed by atoms with van der Waals surface area (Å²) in [5, 5.41) is 14.5. The second-order valence-electron chi connectivity index (χ2n) is 4.28. The predicted molar refractivity (Wildman–Crippen MR) is 79.9 cm³/mol. The van der Waals surface area contributed by atoms with E-state index in [9.17, 15) is 4.79 Å². The number of ether oxygens (including phenoxy) is 1. The summed E-state index contributed by atoms with van der Waals surface area (Å²) in [5.74, 6) is -0.122. The average Bonchev–Trinajstić information content (AvgIpc) is 2.44. The molecule has 0 aliphatic rings. The highest BCUT2D eigenvalue weighted by Crippen LogP contribution is 2.19. The first-order chi connectivity index (χ1) is 9.69. The number of rotatable bonds is 9. The number of aliphatic hydroxyl groups excluding tert-OH is 1. The number of hydrogen-bond acceptors (Lipinski definition) is 5. The van der Waals surface area contributed by atoms with Crippen molar-refractivity contribution in [3.05, 3.63) is 23.8 Å². The number of nitrogen functional groups attached to an aromatic ring is 1. The Labute approximate surface area is 119 Å². The molecule has 20 heavy (non-hydrogen) atoms. The largest absolute Gasteiger partial charge is 0.397 e. The van der Waals surface area contributed by atoms with Crippen LogP contribution < -0.4 is 16.4 Å². The van der Waals surface area contributed by atoms with Gasteiger partial charge in [-0.25, -0.2) is 0 Å². The van der Waals surface area contributed by atoms with Crippen molar-refractivity contribution >= 4 is 17.3 Å². The first-order valence-corrected chi connectivity index (χ1v) is 6.79. The van der Waals surface area contributed by atoms with E-state index in [4.69, 9.17) is 15.6 Å². The second kappa shape index (κ2) is 9.17. The molecule has 6 heteroatoms. The maximum absolute atomic E-state index is 11.6. The monoisotopic (exact) mass is 281 g/mol. The molecular weight excluding hydrogens is 258 g/mol. The fraction of sp³-hybridized carbons (Fsp3) is 0.500. The van der Waals surface area contributed by atoms with Crippen LogP contribution in [-0.2, 0) is 4.74 Å². The van der Waals surface area contributed by atoms with E-state index in [0.29, 0.717) is 31.0 Å². The van der Waals surface area contributed by atoms with E-state index in [1.807, 2.05) is 6.92 Å². The van der Waals surface area contributed by atoms with E-state index in [0.717, 1.165) is 18.7 Å². The van der Waals surface area contributed by atoms with Crippen molar-refractivity contribution in [3.63, 3.8) is 0 Å². The van der Waals surface area contributed by atoms with Crippen molar-refractivity contribution in [1.82, 2.24) is 5.32 Å². The van der Waals surface area contributed by atoms with Crippen molar-refractivity contribution < 1.29 is 14.6 Å². The average molecular weight is 281 g/mol. The fourth-order valence-electron chi connectivity index (χ4n) is 1.69. The first-order valence-electron chi connectivity index (χ1n) is 6.79. The first kappa shape index (κ1) is 16.3. The number of anilines is 2. The molecule has 0 unspecified atom stereocenters. The molecule has 0 saturated carbocycles. The van der Waals surface area contributed by atoms with E-state index in [1.54, 1.807) is 18.2 Å². The van der Waals surface area contributed by atoms with Gasteiger partial charge < -0.3 is 26.2 Å². The Morgan fingerprint density at radius 3 is 2.85 bits per heavy atom. The molecular formula is C14H23N3O3. The number of aliphatic hydroxyl groups is 1. The lowest BCUT2D eigenvalue weighted by Crippen LogP contribution is -2.22. The second-order valence-corrected chi connectivity index (χ2v) is 4.28. The SMILES string of the molecule is CCNC(=O)c1ccc(NCCCOCCO)c(N)c1. The lowest BCUT2D eigenvalue weighted by Gasteiger charge is -2.11. The molecule has 0 aromatic heterocycles. The van der Waals surface area contributed by atoms with E-state index in [-0.39, 0.29) is 12.5 Å². The number of nitrogens with one attached hydrogen (secondary N) is 2. The molecule has 0 radical (unpaired) electrons. The van der Waals surface area contributed by atoms with Gasteiger partial charge in [0.15, 0.2) is 0 Å². The normalized spacial score (nSPS) is 10.3. The van der Waals surface area contributed by atoms with Crippen molar-refractivity contribution in [1.29, 1.82) is 0 Å². The summed E-state index contributed by atoms with van der Waals surface area (Å²) >= 11 is 0. The minimum absolute atomic E-state index is 0.0433. The highest BCUT2D eigenvalue weighted by atomic mass is 16.5. The van der Waals surface area contributed by atoms with Gasteiger partial charge in [-0.15, -0.1) is 0 Å². The molecule has 0 saturated heterocycles. The van der Waals surface area contributed by atoms with Crippen LogP contribution in [0.2, 0.25) is 0 Å². The summed E-state index contributed by atoms with van der Waals surface area (Å²) in [6.07, 6.45) is 0.817.